The zero-order valence-electron chi connectivity index (χ0n) is 23.0. The first-order chi connectivity index (χ1) is 15.6. The first-order valence-corrected chi connectivity index (χ1v) is 11.9. The van der Waals surface area contributed by atoms with Crippen molar-refractivity contribution in [1.29, 1.82) is 0 Å². The fraction of sp³-hybridized carbons (Fsp3) is 0.467. The van der Waals surface area contributed by atoms with Gasteiger partial charge in [-0.25, -0.2) is 19.8 Å². The van der Waals surface area contributed by atoms with E-state index >= 15 is 0 Å². The minimum absolute atomic E-state index is 0. The number of carbonyl (C=O) groups is 2. The predicted molar refractivity (Wildman–Crippen MR) is 147 cm³/mol. The van der Waals surface area contributed by atoms with Gasteiger partial charge in [0.05, 0.1) is 11.1 Å². The minimum atomic E-state index is -1.12. The smallest absolute Gasteiger partial charge is 0.242 e. The molecular formula is C30H44O4Sn. The van der Waals surface area contributed by atoms with Gasteiger partial charge in [0.2, 0.25) is 0 Å². The molecule has 0 saturated carbocycles. The fourth-order valence-electron chi connectivity index (χ4n) is 2.21. The summed E-state index contributed by atoms with van der Waals surface area (Å²) in [5, 5.41) is 20.9. The SMILES string of the molecule is CC(C)(C)c1ccc(C([O])=O)cc1.CC(C)(C)c1ccc(C([O])=O)cc1.[CH2]CCC.[CH2]CCC.[Sn]. The summed E-state index contributed by atoms with van der Waals surface area (Å²) >= 11 is 0. The summed E-state index contributed by atoms with van der Waals surface area (Å²) in [5.74, 6) is -2.25. The molecule has 0 aliphatic heterocycles. The zero-order valence-corrected chi connectivity index (χ0v) is 25.8. The molecule has 0 saturated heterocycles. The van der Waals surface area contributed by atoms with Crippen LogP contribution in [0, 0.1) is 13.8 Å². The van der Waals surface area contributed by atoms with Gasteiger partial charge in [0.15, 0.2) is 0 Å². The second-order valence-corrected chi connectivity index (χ2v) is 9.94. The minimum Gasteiger partial charge on any atom is -0.242 e. The summed E-state index contributed by atoms with van der Waals surface area (Å²) in [5.41, 5.74) is 2.82. The Balaban J connectivity index is -0.000000440. The number of hydrogen-bond donors (Lipinski definition) is 0. The van der Waals surface area contributed by atoms with E-state index in [-0.39, 0.29) is 45.9 Å². The molecular weight excluding hydrogens is 543 g/mol. The molecule has 192 valence electrons. The van der Waals surface area contributed by atoms with Crippen LogP contribution >= 0.6 is 0 Å². The van der Waals surface area contributed by atoms with Crippen molar-refractivity contribution in [3.8, 4) is 0 Å². The number of benzene rings is 2. The van der Waals surface area contributed by atoms with E-state index in [9.17, 15) is 19.8 Å². The van der Waals surface area contributed by atoms with Crippen molar-refractivity contribution in [3.05, 3.63) is 84.6 Å². The van der Waals surface area contributed by atoms with Crippen molar-refractivity contribution in [2.45, 2.75) is 91.9 Å². The monoisotopic (exact) mass is 588 g/mol. The summed E-state index contributed by atoms with van der Waals surface area (Å²) in [7, 11) is 0. The quantitative estimate of drug-likeness (QED) is 0.341. The van der Waals surface area contributed by atoms with Crippen LogP contribution in [-0.2, 0) is 21.0 Å². The van der Waals surface area contributed by atoms with E-state index in [1.165, 1.54) is 12.8 Å². The van der Waals surface area contributed by atoms with Crippen molar-refractivity contribution in [1.82, 2.24) is 0 Å². The maximum atomic E-state index is 10.5. The Morgan fingerprint density at radius 1 is 0.600 bits per heavy atom. The Labute approximate surface area is 231 Å². The third-order valence-electron chi connectivity index (χ3n) is 4.68. The topological polar surface area (TPSA) is 73.9 Å². The second kappa shape index (κ2) is 19.4. The summed E-state index contributed by atoms with van der Waals surface area (Å²) in [4.78, 5) is 20.9. The van der Waals surface area contributed by atoms with E-state index in [1.807, 2.05) is 24.3 Å². The molecule has 0 unspecified atom stereocenters. The molecule has 2 rings (SSSR count). The molecule has 0 N–H and O–H groups in total. The van der Waals surface area contributed by atoms with Gasteiger partial charge in [0.25, 0.3) is 0 Å². The number of carbonyl (C=O) groups excluding carboxylic acids is 2. The number of hydrogen-bond acceptors (Lipinski definition) is 2. The zero-order chi connectivity index (χ0) is 26.9. The molecule has 0 aliphatic rings. The van der Waals surface area contributed by atoms with Gasteiger partial charge in [0.1, 0.15) is 0 Å². The predicted octanol–water partition coefficient (Wildman–Crippen LogP) is 7.97. The third-order valence-corrected chi connectivity index (χ3v) is 4.68. The van der Waals surface area contributed by atoms with Gasteiger partial charge < -0.3 is 0 Å². The fourth-order valence-corrected chi connectivity index (χ4v) is 2.21. The maximum absolute atomic E-state index is 10.5. The molecule has 0 aliphatic carbocycles. The number of rotatable bonds is 4. The summed E-state index contributed by atoms with van der Waals surface area (Å²) < 4.78 is 0. The Morgan fingerprint density at radius 2 is 0.800 bits per heavy atom. The summed E-state index contributed by atoms with van der Waals surface area (Å²) in [6.07, 6.45) is 4.56. The van der Waals surface area contributed by atoms with Gasteiger partial charge in [-0.2, -0.15) is 0 Å². The summed E-state index contributed by atoms with van der Waals surface area (Å²) in [6, 6.07) is 13.6. The molecule has 35 heavy (non-hydrogen) atoms. The molecule has 0 amide bonds. The van der Waals surface area contributed by atoms with Gasteiger partial charge in [-0.1, -0.05) is 119 Å². The standard InChI is InChI=1S/2C11H13O2.2C4H9.Sn/c2*1-11(2,3)9-6-4-8(5-7-9)10(12)13;2*1-3-4-2;/h2*4-7H,1-3H3;2*1,3-4H2,2H3;. The first-order valence-electron chi connectivity index (χ1n) is 11.9. The summed E-state index contributed by atoms with van der Waals surface area (Å²) in [6.45, 7) is 24.0. The van der Waals surface area contributed by atoms with E-state index in [4.69, 9.17) is 0 Å². The van der Waals surface area contributed by atoms with Gasteiger partial charge >= 0.3 is 11.9 Å². The molecule has 0 fully saturated rings. The van der Waals surface area contributed by atoms with Crippen molar-refractivity contribution < 1.29 is 19.8 Å². The van der Waals surface area contributed by atoms with Crippen LogP contribution in [-0.4, -0.2) is 35.8 Å². The normalized spacial score (nSPS) is 10.1. The van der Waals surface area contributed by atoms with Crippen molar-refractivity contribution in [3.63, 3.8) is 0 Å². The average molecular weight is 587 g/mol. The van der Waals surface area contributed by atoms with Gasteiger partial charge in [0, 0.05) is 23.9 Å². The Hall–Kier alpha value is -1.82. The molecule has 8 radical (unpaired) electrons. The van der Waals surface area contributed by atoms with E-state index in [0.717, 1.165) is 24.0 Å². The van der Waals surface area contributed by atoms with Crippen LogP contribution in [0.2, 0.25) is 0 Å². The Morgan fingerprint density at radius 3 is 0.914 bits per heavy atom. The first kappa shape index (κ1) is 37.7. The second-order valence-electron chi connectivity index (χ2n) is 9.94. The maximum Gasteiger partial charge on any atom is 0.386 e. The van der Waals surface area contributed by atoms with Crippen LogP contribution in [0.15, 0.2) is 48.5 Å². The van der Waals surface area contributed by atoms with E-state index in [1.54, 1.807) is 24.3 Å². The van der Waals surface area contributed by atoms with Crippen LogP contribution in [0.1, 0.15) is 113 Å². The Bertz CT molecular complexity index is 736. The largest absolute Gasteiger partial charge is 0.386 e. The van der Waals surface area contributed by atoms with Gasteiger partial charge in [-0.15, -0.1) is 0 Å². The van der Waals surface area contributed by atoms with E-state index < -0.39 is 11.9 Å². The molecule has 0 spiro atoms. The molecule has 0 bridgehead atoms. The molecule has 0 atom stereocenters. The molecule has 0 aromatic heterocycles. The molecule has 2 aromatic carbocycles. The van der Waals surface area contributed by atoms with Gasteiger partial charge in [-0.3, -0.25) is 0 Å². The third kappa shape index (κ3) is 18.2. The average Bonchev–Trinajstić information content (AvgIpc) is 2.78. The molecule has 4 nitrogen and oxygen atoms in total. The Kier molecular flexibility index (Phi) is 20.9. The molecule has 2 aromatic rings. The van der Waals surface area contributed by atoms with E-state index in [0.29, 0.717) is 0 Å². The van der Waals surface area contributed by atoms with Crippen molar-refractivity contribution in [2.24, 2.45) is 0 Å². The van der Waals surface area contributed by atoms with Crippen LogP contribution in [0.3, 0.4) is 0 Å². The van der Waals surface area contributed by atoms with Crippen LogP contribution in [0.25, 0.3) is 0 Å². The van der Waals surface area contributed by atoms with Crippen LogP contribution in [0.4, 0.5) is 0 Å². The number of unbranched alkanes of at least 4 members (excludes halogenated alkanes) is 2. The van der Waals surface area contributed by atoms with Crippen molar-refractivity contribution >= 4 is 35.8 Å². The van der Waals surface area contributed by atoms with Crippen molar-refractivity contribution in [2.75, 3.05) is 0 Å². The van der Waals surface area contributed by atoms with Gasteiger partial charge in [-0.05, 0) is 46.2 Å². The van der Waals surface area contributed by atoms with E-state index in [2.05, 4.69) is 69.2 Å². The van der Waals surface area contributed by atoms with Crippen LogP contribution in [0.5, 0.6) is 0 Å². The molecule has 5 heteroatoms. The molecule has 0 heterocycles. The van der Waals surface area contributed by atoms with Crippen LogP contribution < -0.4 is 0 Å².